The van der Waals surface area contributed by atoms with Gasteiger partial charge in [0.25, 0.3) is 0 Å². The van der Waals surface area contributed by atoms with Crippen molar-refractivity contribution in [3.63, 3.8) is 0 Å². The number of ether oxygens (including phenoxy) is 1. The van der Waals surface area contributed by atoms with E-state index in [4.69, 9.17) is 17.0 Å². The van der Waals surface area contributed by atoms with Crippen molar-refractivity contribution in [1.82, 2.24) is 19.7 Å². The number of hydrogen-bond acceptors (Lipinski definition) is 6. The number of carbonyl (C=O) groups is 1. The largest absolute Gasteiger partial charge is 0.497 e. The molecule has 33 heavy (non-hydrogen) atoms. The summed E-state index contributed by atoms with van der Waals surface area (Å²) in [4.78, 5) is 18.1. The molecule has 0 aliphatic carbocycles. The second kappa shape index (κ2) is 10.1. The topological polar surface area (TPSA) is 84.8 Å². The van der Waals surface area contributed by atoms with Crippen molar-refractivity contribution in [2.45, 2.75) is 26.3 Å². The number of anilines is 1. The molecule has 0 atom stereocenters. The minimum atomic E-state index is -0.263. The van der Waals surface area contributed by atoms with Gasteiger partial charge in [-0.25, -0.2) is 9.37 Å². The summed E-state index contributed by atoms with van der Waals surface area (Å²) in [5, 5.41) is 10.5. The van der Waals surface area contributed by atoms with Crippen molar-refractivity contribution < 1.29 is 13.9 Å². The highest BCUT2D eigenvalue weighted by atomic mass is 32.1. The number of thiazole rings is 1. The Morgan fingerprint density at radius 1 is 1.21 bits per heavy atom. The van der Waals surface area contributed by atoms with Crippen molar-refractivity contribution in [2.24, 2.45) is 0 Å². The number of benzene rings is 2. The highest BCUT2D eigenvalue weighted by Gasteiger charge is 2.14. The molecule has 0 unspecified atom stereocenters. The molecule has 2 aromatic carbocycles. The van der Waals surface area contributed by atoms with Crippen LogP contribution in [0.15, 0.2) is 48.5 Å². The van der Waals surface area contributed by atoms with Crippen LogP contribution in [0.1, 0.15) is 22.6 Å². The van der Waals surface area contributed by atoms with Crippen LogP contribution >= 0.6 is 23.6 Å². The second-order valence-corrected chi connectivity index (χ2v) is 8.83. The molecule has 170 valence electrons. The fraction of sp³-hybridized carbons (Fsp3) is 0.217. The van der Waals surface area contributed by atoms with Crippen molar-refractivity contribution in [3.8, 4) is 17.1 Å². The molecule has 4 rings (SSSR count). The van der Waals surface area contributed by atoms with Crippen LogP contribution in [-0.4, -0.2) is 32.8 Å². The van der Waals surface area contributed by atoms with Gasteiger partial charge in [-0.05, 0) is 61.1 Å². The maximum absolute atomic E-state index is 13.1. The third-order valence-electron chi connectivity index (χ3n) is 5.09. The van der Waals surface area contributed by atoms with E-state index >= 15 is 0 Å². The number of rotatable bonds is 8. The highest BCUT2D eigenvalue weighted by Crippen LogP contribution is 2.26. The van der Waals surface area contributed by atoms with E-state index in [0.29, 0.717) is 28.7 Å². The Balaban J connectivity index is 1.40. The van der Waals surface area contributed by atoms with E-state index in [-0.39, 0.29) is 18.1 Å². The van der Waals surface area contributed by atoms with Crippen molar-refractivity contribution in [3.05, 3.63) is 75.3 Å². The van der Waals surface area contributed by atoms with Crippen LogP contribution in [0.4, 0.5) is 9.52 Å². The van der Waals surface area contributed by atoms with Gasteiger partial charge in [0.15, 0.2) is 15.7 Å². The molecule has 0 aliphatic rings. The normalized spacial score (nSPS) is 10.9. The number of aromatic nitrogens is 4. The Hall–Kier alpha value is -3.37. The summed E-state index contributed by atoms with van der Waals surface area (Å²) in [5.41, 5.74) is 2.70. The molecule has 0 spiro atoms. The van der Waals surface area contributed by atoms with Crippen LogP contribution in [0.5, 0.6) is 5.75 Å². The van der Waals surface area contributed by atoms with E-state index < -0.39 is 0 Å². The number of aromatic amines is 1. The average molecular weight is 484 g/mol. The summed E-state index contributed by atoms with van der Waals surface area (Å²) >= 11 is 6.77. The number of hydrogen-bond donors (Lipinski definition) is 2. The van der Waals surface area contributed by atoms with Gasteiger partial charge in [-0.1, -0.05) is 12.1 Å². The summed E-state index contributed by atoms with van der Waals surface area (Å²) in [6, 6.07) is 13.9. The molecule has 10 heteroatoms. The van der Waals surface area contributed by atoms with Gasteiger partial charge >= 0.3 is 0 Å². The summed E-state index contributed by atoms with van der Waals surface area (Å²) in [6.07, 6.45) is 0.845. The molecule has 4 aromatic rings. The van der Waals surface area contributed by atoms with Gasteiger partial charge in [0.1, 0.15) is 11.6 Å². The summed E-state index contributed by atoms with van der Waals surface area (Å²) in [7, 11) is 1.61. The van der Waals surface area contributed by atoms with Crippen molar-refractivity contribution >= 4 is 34.6 Å². The SMILES string of the molecule is COc1ccc(-c2n[nH]c(=S)n2CCC(=O)Nc2nc(C)c(Cc3ccc(F)cc3)s2)cc1. The molecule has 0 bridgehead atoms. The molecule has 0 saturated heterocycles. The Morgan fingerprint density at radius 3 is 2.64 bits per heavy atom. The Labute approximate surface area is 199 Å². The van der Waals surface area contributed by atoms with E-state index in [1.807, 2.05) is 31.2 Å². The molecule has 2 aromatic heterocycles. The fourth-order valence-electron chi connectivity index (χ4n) is 3.31. The number of H-pyrrole nitrogens is 1. The quantitative estimate of drug-likeness (QED) is 0.339. The molecular weight excluding hydrogens is 461 g/mol. The highest BCUT2D eigenvalue weighted by molar-refractivity contribution is 7.71. The standard InChI is InChI=1S/C23H22FN5O2S2/c1-14-19(13-15-3-7-17(24)8-4-15)33-22(25-14)26-20(30)11-12-29-21(27-28-23(29)32)16-5-9-18(31-2)10-6-16/h3-10H,11-13H2,1-2H3,(H,28,32)(H,25,26,30). The second-order valence-electron chi connectivity index (χ2n) is 7.36. The molecule has 1 amide bonds. The lowest BCUT2D eigenvalue weighted by molar-refractivity contribution is -0.116. The zero-order valence-electron chi connectivity index (χ0n) is 18.1. The van der Waals surface area contributed by atoms with Gasteiger partial charge in [0.05, 0.1) is 12.8 Å². The number of nitrogens with one attached hydrogen (secondary N) is 2. The zero-order valence-corrected chi connectivity index (χ0v) is 19.7. The Kier molecular flexibility index (Phi) is 6.95. The minimum Gasteiger partial charge on any atom is -0.497 e. The van der Waals surface area contributed by atoms with Gasteiger partial charge in [-0.15, -0.1) is 11.3 Å². The predicted octanol–water partition coefficient (Wildman–Crippen LogP) is 5.14. The third-order valence-corrected chi connectivity index (χ3v) is 6.47. The molecule has 7 nitrogen and oxygen atoms in total. The van der Waals surface area contributed by atoms with Crippen LogP contribution in [-0.2, 0) is 17.8 Å². The number of halogens is 1. The Morgan fingerprint density at radius 2 is 1.94 bits per heavy atom. The van der Waals surface area contributed by atoms with E-state index in [0.717, 1.165) is 27.4 Å². The van der Waals surface area contributed by atoms with Crippen molar-refractivity contribution in [1.29, 1.82) is 0 Å². The number of aryl methyl sites for hydroxylation is 1. The van der Waals surface area contributed by atoms with E-state index in [1.165, 1.54) is 23.5 Å². The Bertz CT molecular complexity index is 1310. The lowest BCUT2D eigenvalue weighted by Gasteiger charge is -2.07. The molecule has 0 aliphatic heterocycles. The molecular formula is C23H22FN5O2S2. The number of carbonyl (C=O) groups excluding carboxylic acids is 1. The molecule has 2 heterocycles. The number of amides is 1. The lowest BCUT2D eigenvalue weighted by atomic mass is 10.1. The molecule has 0 fully saturated rings. The third kappa shape index (κ3) is 5.52. The monoisotopic (exact) mass is 483 g/mol. The molecule has 0 radical (unpaired) electrons. The first-order chi connectivity index (χ1) is 15.9. The van der Waals surface area contributed by atoms with Crippen LogP contribution < -0.4 is 10.1 Å². The number of methoxy groups -OCH3 is 1. The minimum absolute atomic E-state index is 0.166. The van der Waals surface area contributed by atoms with Crippen LogP contribution in [0.25, 0.3) is 11.4 Å². The first kappa shape index (κ1) is 22.8. The smallest absolute Gasteiger partial charge is 0.227 e. The van der Waals surface area contributed by atoms with E-state index in [2.05, 4.69) is 20.5 Å². The van der Waals surface area contributed by atoms with Crippen molar-refractivity contribution in [2.75, 3.05) is 12.4 Å². The average Bonchev–Trinajstić information content (AvgIpc) is 3.35. The van der Waals surface area contributed by atoms with Gasteiger partial charge in [0.2, 0.25) is 5.91 Å². The van der Waals surface area contributed by atoms with Gasteiger partial charge in [0, 0.05) is 29.8 Å². The predicted molar refractivity (Wildman–Crippen MR) is 129 cm³/mol. The summed E-state index contributed by atoms with van der Waals surface area (Å²) in [5.74, 6) is 0.972. The molecule has 2 N–H and O–H groups in total. The lowest BCUT2D eigenvalue weighted by Crippen LogP contribution is -2.15. The van der Waals surface area contributed by atoms with E-state index in [1.54, 1.807) is 23.8 Å². The summed E-state index contributed by atoms with van der Waals surface area (Å²) < 4.78 is 20.6. The van der Waals surface area contributed by atoms with Gasteiger partial charge in [-0.3, -0.25) is 14.5 Å². The maximum atomic E-state index is 13.1. The fourth-order valence-corrected chi connectivity index (χ4v) is 4.55. The first-order valence-electron chi connectivity index (χ1n) is 10.2. The molecule has 0 saturated carbocycles. The van der Waals surface area contributed by atoms with Gasteiger partial charge < -0.3 is 10.1 Å². The number of nitrogens with zero attached hydrogens (tertiary/aromatic N) is 3. The zero-order chi connectivity index (χ0) is 23.4. The van der Waals surface area contributed by atoms with Crippen LogP contribution in [0.2, 0.25) is 0 Å². The van der Waals surface area contributed by atoms with Crippen LogP contribution in [0, 0.1) is 17.5 Å². The van der Waals surface area contributed by atoms with Crippen LogP contribution in [0.3, 0.4) is 0 Å². The van der Waals surface area contributed by atoms with Gasteiger partial charge in [-0.2, -0.15) is 5.10 Å². The summed E-state index contributed by atoms with van der Waals surface area (Å²) in [6.45, 7) is 2.27. The first-order valence-corrected chi connectivity index (χ1v) is 11.5. The maximum Gasteiger partial charge on any atom is 0.227 e. The van der Waals surface area contributed by atoms with E-state index in [9.17, 15) is 9.18 Å².